The fourth-order valence-corrected chi connectivity index (χ4v) is 3.84. The molecule has 0 bridgehead atoms. The quantitative estimate of drug-likeness (QED) is 0.339. The van der Waals surface area contributed by atoms with E-state index in [2.05, 4.69) is 0 Å². The third kappa shape index (κ3) is 3.37. The smallest absolute Gasteiger partial charge is 0.377 e. The second kappa shape index (κ2) is 8.12. The van der Waals surface area contributed by atoms with Gasteiger partial charge in [0.2, 0.25) is 0 Å². The van der Waals surface area contributed by atoms with Crippen LogP contribution < -0.4 is 11.0 Å². The Morgan fingerprint density at radius 2 is 2.10 bits per heavy atom. The van der Waals surface area contributed by atoms with E-state index in [4.69, 9.17) is 14.4 Å². The number of nitrogens with zero attached hydrogens (tertiary/aromatic N) is 2. The van der Waals surface area contributed by atoms with Gasteiger partial charge >= 0.3 is 7.48 Å². The summed E-state index contributed by atoms with van der Waals surface area (Å²) in [7, 11) is 0.175. The molecule has 0 saturated carbocycles. The van der Waals surface area contributed by atoms with Crippen LogP contribution in [0.25, 0.3) is 22.3 Å². The molecule has 0 spiro atoms. The predicted octanol–water partition coefficient (Wildman–Crippen LogP) is 0.691. The van der Waals surface area contributed by atoms with Crippen LogP contribution in [0.4, 0.5) is 0 Å². The number of fused-ring (bicyclic) bond motifs is 4. The van der Waals surface area contributed by atoms with Gasteiger partial charge in [-0.25, -0.2) is 4.98 Å². The lowest BCUT2D eigenvalue weighted by atomic mass is 9.87. The minimum Gasteiger partial charge on any atom is -0.537 e. The summed E-state index contributed by atoms with van der Waals surface area (Å²) in [6, 6.07) is 9.29. The molecule has 0 saturated heterocycles. The molecule has 9 heteroatoms. The van der Waals surface area contributed by atoms with Gasteiger partial charge in [0.1, 0.15) is 6.61 Å². The summed E-state index contributed by atoms with van der Waals surface area (Å²) < 4.78 is 11.2. The van der Waals surface area contributed by atoms with Gasteiger partial charge in [-0.3, -0.25) is 14.4 Å². The van der Waals surface area contributed by atoms with Crippen LogP contribution in [-0.2, 0) is 32.1 Å². The van der Waals surface area contributed by atoms with Crippen LogP contribution in [0.2, 0.25) is 0 Å². The molecule has 1 aliphatic rings. The zero-order valence-electron chi connectivity index (χ0n) is 16.3. The summed E-state index contributed by atoms with van der Waals surface area (Å²) >= 11 is 0. The van der Waals surface area contributed by atoms with Crippen molar-refractivity contribution >= 4 is 36.8 Å². The van der Waals surface area contributed by atoms with Crippen molar-refractivity contribution in [2.45, 2.75) is 32.6 Å². The number of aliphatic hydroxyl groups is 1. The van der Waals surface area contributed by atoms with Crippen LogP contribution >= 0.6 is 0 Å². The molecule has 3 aromatic rings. The van der Waals surface area contributed by atoms with Crippen LogP contribution in [0.1, 0.15) is 36.1 Å². The fourth-order valence-electron chi connectivity index (χ4n) is 3.84. The third-order valence-corrected chi connectivity index (χ3v) is 5.32. The van der Waals surface area contributed by atoms with E-state index >= 15 is 0 Å². The number of hydrogen-bond acceptors (Lipinski definition) is 7. The molecule has 0 radical (unpaired) electrons. The Balaban J connectivity index is 1.84. The van der Waals surface area contributed by atoms with Crippen molar-refractivity contribution in [1.82, 2.24) is 9.55 Å². The summed E-state index contributed by atoms with van der Waals surface area (Å²) in [4.78, 5) is 38.9. The highest BCUT2D eigenvalue weighted by Crippen LogP contribution is 2.34. The van der Waals surface area contributed by atoms with Gasteiger partial charge in [0.15, 0.2) is 0 Å². The summed E-state index contributed by atoms with van der Waals surface area (Å²) in [5, 5.41) is 11.3. The minimum atomic E-state index is -0.848. The topological polar surface area (TPSA) is 108 Å². The average Bonchev–Trinajstić information content (AvgIpc) is 3.12. The number of benzene rings is 1. The highest BCUT2D eigenvalue weighted by Gasteiger charge is 2.27. The van der Waals surface area contributed by atoms with Crippen LogP contribution in [0.5, 0.6) is 0 Å². The zero-order valence-corrected chi connectivity index (χ0v) is 16.3. The Bertz CT molecular complexity index is 1210. The first kappa shape index (κ1) is 19.8. The van der Waals surface area contributed by atoms with Crippen molar-refractivity contribution in [3.8, 4) is 11.4 Å². The fraction of sp³-hybridized carbons (Fsp3) is 0.238. The van der Waals surface area contributed by atoms with E-state index in [1.807, 2.05) is 31.2 Å². The molecule has 1 aliphatic heterocycles. The number of rotatable bonds is 8. The highest BCUT2D eigenvalue weighted by atomic mass is 16.5. The molecule has 2 aromatic heterocycles. The Morgan fingerprint density at radius 3 is 2.83 bits per heavy atom. The summed E-state index contributed by atoms with van der Waals surface area (Å²) in [6.07, 6.45) is -0.431. The molecule has 152 valence electrons. The minimum absolute atomic E-state index is 0.175. The number of aliphatic hydroxyl groups excluding tert-OH is 1. The van der Waals surface area contributed by atoms with Crippen molar-refractivity contribution in [3.63, 3.8) is 0 Å². The van der Waals surface area contributed by atoms with Gasteiger partial charge in [-0.05, 0) is 35.6 Å². The Labute approximate surface area is 172 Å². The lowest BCUT2D eigenvalue weighted by molar-refractivity contribution is -0.130. The van der Waals surface area contributed by atoms with Gasteiger partial charge in [0.25, 0.3) is 18.5 Å². The van der Waals surface area contributed by atoms with Crippen molar-refractivity contribution in [1.29, 1.82) is 0 Å². The lowest BCUT2D eigenvalue weighted by Crippen LogP contribution is -2.26. The Hall–Kier alpha value is -3.46. The summed E-state index contributed by atoms with van der Waals surface area (Å²) in [6.45, 7) is 2.64. The van der Waals surface area contributed by atoms with Crippen molar-refractivity contribution in [2.75, 3.05) is 0 Å². The predicted molar refractivity (Wildman–Crippen MR) is 111 cm³/mol. The number of carbonyl (C=O) groups is 2. The number of carbonyl (C=O) groups excluding carboxylic acids is 2. The molecule has 1 aromatic carbocycles. The number of ether oxygens (including phenoxy) is 1. The largest absolute Gasteiger partial charge is 0.537 e. The maximum Gasteiger partial charge on any atom is 0.377 e. The van der Waals surface area contributed by atoms with Crippen LogP contribution in [-0.4, -0.2) is 35.1 Å². The molecule has 0 unspecified atom stereocenters. The SMILES string of the molecule is CC[C@H](O)c1cc2n(c(=O)c1COC=O)Cc1cc3cc(BOC=O)ccc3nc1-2. The molecular weight excluding hydrogens is 387 g/mol. The molecule has 8 nitrogen and oxygen atoms in total. The zero-order chi connectivity index (χ0) is 21.3. The monoisotopic (exact) mass is 406 g/mol. The molecule has 1 atom stereocenters. The second-order valence-corrected chi connectivity index (χ2v) is 7.12. The third-order valence-electron chi connectivity index (χ3n) is 5.32. The Morgan fingerprint density at radius 1 is 1.27 bits per heavy atom. The molecular formula is C21H19BN2O6. The first-order valence-corrected chi connectivity index (χ1v) is 9.55. The van der Waals surface area contributed by atoms with Crippen molar-refractivity contribution in [3.05, 3.63) is 57.4 Å². The molecule has 0 fully saturated rings. The van der Waals surface area contributed by atoms with E-state index in [1.165, 1.54) is 0 Å². The van der Waals surface area contributed by atoms with Crippen LogP contribution in [0.3, 0.4) is 0 Å². The maximum atomic E-state index is 13.1. The summed E-state index contributed by atoms with van der Waals surface area (Å²) in [5.41, 5.74) is 4.18. The van der Waals surface area contributed by atoms with Gasteiger partial charge in [-0.1, -0.05) is 19.1 Å². The summed E-state index contributed by atoms with van der Waals surface area (Å²) in [5.74, 6) is 0. The second-order valence-electron chi connectivity index (χ2n) is 7.12. The normalized spacial score (nSPS) is 12.7. The lowest BCUT2D eigenvalue weighted by Gasteiger charge is -2.16. The van der Waals surface area contributed by atoms with Gasteiger partial charge in [0.05, 0.1) is 35.1 Å². The first-order chi connectivity index (χ1) is 14.6. The molecule has 3 heterocycles. The average molecular weight is 406 g/mol. The van der Waals surface area contributed by atoms with E-state index in [9.17, 15) is 19.5 Å². The van der Waals surface area contributed by atoms with Gasteiger partial charge in [0, 0.05) is 10.9 Å². The van der Waals surface area contributed by atoms with Crippen LogP contribution in [0, 0.1) is 0 Å². The highest BCUT2D eigenvalue weighted by molar-refractivity contribution is 6.48. The van der Waals surface area contributed by atoms with Crippen molar-refractivity contribution < 1.29 is 24.1 Å². The van der Waals surface area contributed by atoms with Gasteiger partial charge < -0.3 is 19.1 Å². The van der Waals surface area contributed by atoms with E-state index < -0.39 is 6.10 Å². The van der Waals surface area contributed by atoms with Gasteiger partial charge in [-0.15, -0.1) is 0 Å². The molecule has 1 N–H and O–H groups in total. The number of pyridine rings is 2. The molecule has 0 amide bonds. The van der Waals surface area contributed by atoms with E-state index in [0.29, 0.717) is 36.4 Å². The van der Waals surface area contributed by atoms with Gasteiger partial charge in [-0.2, -0.15) is 0 Å². The van der Waals surface area contributed by atoms with E-state index in [1.54, 1.807) is 10.6 Å². The Kier molecular flexibility index (Phi) is 5.37. The molecule has 30 heavy (non-hydrogen) atoms. The standard InChI is InChI=1S/C21H19BN2O6/c1-2-19(27)15-7-18-20-13(8-24(18)21(28)16(15)9-29-10-25)5-12-6-14(22-30-11-26)3-4-17(12)23-20/h3-7,10-11,19,22,27H,2,8-9H2,1H3/t19-/m0/s1. The number of aromatic nitrogens is 2. The first-order valence-electron chi connectivity index (χ1n) is 9.55. The van der Waals surface area contributed by atoms with Crippen molar-refractivity contribution in [2.24, 2.45) is 0 Å². The van der Waals surface area contributed by atoms with Crippen LogP contribution in [0.15, 0.2) is 35.1 Å². The van der Waals surface area contributed by atoms with E-state index in [0.717, 1.165) is 21.9 Å². The maximum absolute atomic E-state index is 13.1. The molecule has 0 aliphatic carbocycles. The molecule has 4 rings (SSSR count). The number of hydrogen-bond donors (Lipinski definition) is 1. The van der Waals surface area contributed by atoms with E-state index in [-0.39, 0.29) is 31.7 Å².